The first-order chi connectivity index (χ1) is 12.3. The Labute approximate surface area is 152 Å². The van der Waals surface area contributed by atoms with Crippen LogP contribution in [0.15, 0.2) is 24.3 Å². The molecule has 0 radical (unpaired) electrons. The molecule has 0 aliphatic carbocycles. The van der Waals surface area contributed by atoms with E-state index >= 15 is 0 Å². The summed E-state index contributed by atoms with van der Waals surface area (Å²) in [7, 11) is 0. The number of nitrogens with zero attached hydrogens (tertiary/aromatic N) is 4. The van der Waals surface area contributed by atoms with Crippen molar-refractivity contribution in [2.75, 3.05) is 23.3 Å². The van der Waals surface area contributed by atoms with Crippen LogP contribution in [-0.4, -0.2) is 28.0 Å². The van der Waals surface area contributed by atoms with E-state index in [2.05, 4.69) is 34.0 Å². The lowest BCUT2D eigenvalue weighted by atomic mass is 10.1. The van der Waals surface area contributed by atoms with Crippen LogP contribution in [0.25, 0.3) is 0 Å². The largest absolute Gasteiger partial charge is 0.357 e. The van der Waals surface area contributed by atoms with Crippen LogP contribution in [0.4, 0.5) is 27.5 Å². The Morgan fingerprint density at radius 3 is 2.50 bits per heavy atom. The van der Waals surface area contributed by atoms with Crippen molar-refractivity contribution in [2.45, 2.75) is 34.1 Å². The van der Waals surface area contributed by atoms with Crippen molar-refractivity contribution in [3.05, 3.63) is 45.9 Å². The van der Waals surface area contributed by atoms with Crippen LogP contribution >= 0.6 is 0 Å². The van der Waals surface area contributed by atoms with E-state index in [-0.39, 0.29) is 0 Å². The molecule has 0 fully saturated rings. The van der Waals surface area contributed by atoms with Gasteiger partial charge in [-0.25, -0.2) is 4.98 Å². The van der Waals surface area contributed by atoms with Crippen LogP contribution < -0.4 is 10.2 Å². The molecule has 1 N–H and O–H groups in total. The summed E-state index contributed by atoms with van der Waals surface area (Å²) in [6.45, 7) is 9.91. The van der Waals surface area contributed by atoms with Gasteiger partial charge in [-0.15, -0.1) is 0 Å². The fraction of sp³-hybridized carbons (Fsp3) is 0.444. The molecule has 1 aromatic carbocycles. The summed E-state index contributed by atoms with van der Waals surface area (Å²) in [6, 6.07) is 5.60. The molecule has 1 heterocycles. The number of benzene rings is 1. The minimum atomic E-state index is -0.876. The second-order valence-electron chi connectivity index (χ2n) is 6.36. The number of anilines is 3. The van der Waals surface area contributed by atoms with E-state index < -0.39 is 16.4 Å². The maximum absolute atomic E-state index is 13.5. The van der Waals surface area contributed by atoms with Gasteiger partial charge < -0.3 is 10.2 Å². The highest BCUT2D eigenvalue weighted by Gasteiger charge is 2.16. The molecule has 7 nitrogen and oxygen atoms in total. The molecule has 1 aromatic heterocycles. The lowest BCUT2D eigenvalue weighted by Gasteiger charge is -2.21. The third-order valence-corrected chi connectivity index (χ3v) is 3.87. The average Bonchev–Trinajstić information content (AvgIpc) is 2.56. The summed E-state index contributed by atoms with van der Waals surface area (Å²) in [6.07, 6.45) is 0.787. The van der Waals surface area contributed by atoms with E-state index in [0.29, 0.717) is 17.6 Å². The molecule has 0 saturated heterocycles. The number of nitro groups is 1. The zero-order chi connectivity index (χ0) is 19.3. The van der Waals surface area contributed by atoms with Crippen molar-refractivity contribution >= 4 is 23.1 Å². The molecule has 2 rings (SSSR count). The Morgan fingerprint density at radius 2 is 1.92 bits per heavy atom. The number of hydrogen-bond acceptors (Lipinski definition) is 6. The Hall–Kier alpha value is -2.77. The number of nitrogens with one attached hydrogen (secondary N) is 1. The molecule has 26 heavy (non-hydrogen) atoms. The van der Waals surface area contributed by atoms with Gasteiger partial charge in [0.1, 0.15) is 5.82 Å². The molecule has 0 spiro atoms. The lowest BCUT2D eigenvalue weighted by Crippen LogP contribution is -2.24. The van der Waals surface area contributed by atoms with Gasteiger partial charge in [0, 0.05) is 36.6 Å². The predicted molar refractivity (Wildman–Crippen MR) is 100 cm³/mol. The Morgan fingerprint density at radius 1 is 1.23 bits per heavy atom. The van der Waals surface area contributed by atoms with Crippen molar-refractivity contribution in [3.63, 3.8) is 0 Å². The van der Waals surface area contributed by atoms with Gasteiger partial charge in [-0.05, 0) is 38.3 Å². The third kappa shape index (κ3) is 4.87. The number of aromatic nitrogens is 2. The average molecular weight is 361 g/mol. The summed E-state index contributed by atoms with van der Waals surface area (Å²) in [5.41, 5.74) is 0.665. The molecule has 140 valence electrons. The van der Waals surface area contributed by atoms with Crippen LogP contribution in [0.1, 0.15) is 33.4 Å². The second-order valence-corrected chi connectivity index (χ2v) is 6.36. The van der Waals surface area contributed by atoms with Gasteiger partial charge >= 0.3 is 5.69 Å². The zero-order valence-corrected chi connectivity index (χ0v) is 15.5. The summed E-state index contributed by atoms with van der Waals surface area (Å²) < 4.78 is 13.5. The minimum absolute atomic E-state index is 0.339. The second kappa shape index (κ2) is 8.55. The van der Waals surface area contributed by atoms with E-state index in [1.165, 1.54) is 6.07 Å². The van der Waals surface area contributed by atoms with Crippen LogP contribution in [0, 0.1) is 21.8 Å². The molecule has 8 heteroatoms. The first-order valence-corrected chi connectivity index (χ1v) is 8.67. The molecule has 0 aliphatic heterocycles. The summed E-state index contributed by atoms with van der Waals surface area (Å²) >= 11 is 0. The molecule has 0 unspecified atom stereocenters. The van der Waals surface area contributed by atoms with Crippen molar-refractivity contribution in [1.82, 2.24) is 9.97 Å². The monoisotopic (exact) mass is 361 g/mol. The highest BCUT2D eigenvalue weighted by molar-refractivity contribution is 5.59. The molecule has 0 bridgehead atoms. The van der Waals surface area contributed by atoms with Gasteiger partial charge in [0.05, 0.1) is 4.92 Å². The van der Waals surface area contributed by atoms with Crippen molar-refractivity contribution < 1.29 is 9.31 Å². The van der Waals surface area contributed by atoms with Crippen LogP contribution in [-0.2, 0) is 6.42 Å². The smallest absolute Gasteiger partial charge is 0.306 e. The van der Waals surface area contributed by atoms with Gasteiger partial charge in [-0.1, -0.05) is 13.8 Å². The zero-order valence-electron chi connectivity index (χ0n) is 15.5. The standard InChI is InChI=1S/C18H24FN5O2/c1-5-23(6-2)17-11-14(9-12(3)4)21-18(22-17)20-13-7-8-15(19)16(10-13)24(25)26/h7-8,10-12H,5-6,9H2,1-4H3,(H,20,21,22). The molecule has 0 amide bonds. The maximum atomic E-state index is 13.5. The van der Waals surface area contributed by atoms with E-state index in [1.54, 1.807) is 0 Å². The fourth-order valence-electron chi connectivity index (χ4n) is 2.63. The van der Waals surface area contributed by atoms with E-state index in [4.69, 9.17) is 0 Å². The van der Waals surface area contributed by atoms with Crippen LogP contribution in [0.3, 0.4) is 0 Å². The number of hydrogen-bond donors (Lipinski definition) is 1. The Balaban J connectivity index is 2.40. The lowest BCUT2D eigenvalue weighted by molar-refractivity contribution is -0.387. The molecule has 0 atom stereocenters. The van der Waals surface area contributed by atoms with E-state index in [9.17, 15) is 14.5 Å². The number of halogens is 1. The summed E-state index contributed by atoms with van der Waals surface area (Å²) in [5, 5.41) is 13.9. The SMILES string of the molecule is CCN(CC)c1cc(CC(C)C)nc(Nc2ccc(F)c([N+](=O)[O-])c2)n1. The molecule has 0 aliphatic rings. The molecular weight excluding hydrogens is 337 g/mol. The quantitative estimate of drug-likeness (QED) is 0.557. The first-order valence-electron chi connectivity index (χ1n) is 8.67. The molecular formula is C18H24FN5O2. The Bertz CT molecular complexity index is 778. The minimum Gasteiger partial charge on any atom is -0.357 e. The van der Waals surface area contributed by atoms with Crippen LogP contribution in [0.5, 0.6) is 0 Å². The summed E-state index contributed by atoms with van der Waals surface area (Å²) in [4.78, 5) is 21.3. The maximum Gasteiger partial charge on any atom is 0.306 e. The van der Waals surface area contributed by atoms with Gasteiger partial charge in [-0.3, -0.25) is 10.1 Å². The molecule has 2 aromatic rings. The van der Waals surface area contributed by atoms with Gasteiger partial charge in [0.15, 0.2) is 0 Å². The topological polar surface area (TPSA) is 84.2 Å². The highest BCUT2D eigenvalue weighted by Crippen LogP contribution is 2.25. The predicted octanol–water partition coefficient (Wildman–Crippen LogP) is 4.31. The fourth-order valence-corrected chi connectivity index (χ4v) is 2.63. The third-order valence-electron chi connectivity index (χ3n) is 3.87. The molecule has 0 saturated carbocycles. The highest BCUT2D eigenvalue weighted by atomic mass is 19.1. The van der Waals surface area contributed by atoms with Gasteiger partial charge in [0.2, 0.25) is 11.8 Å². The number of nitro benzene ring substituents is 1. The van der Waals surface area contributed by atoms with Gasteiger partial charge in [-0.2, -0.15) is 9.37 Å². The van der Waals surface area contributed by atoms with Crippen molar-refractivity contribution in [1.29, 1.82) is 0 Å². The van der Waals surface area contributed by atoms with Crippen molar-refractivity contribution in [2.24, 2.45) is 5.92 Å². The Kier molecular flexibility index (Phi) is 6.43. The summed E-state index contributed by atoms with van der Waals surface area (Å²) in [5.74, 6) is 0.679. The van der Waals surface area contributed by atoms with E-state index in [1.807, 2.05) is 19.9 Å². The van der Waals surface area contributed by atoms with Crippen LogP contribution in [0.2, 0.25) is 0 Å². The first kappa shape index (κ1) is 19.6. The normalized spacial score (nSPS) is 10.8. The van der Waals surface area contributed by atoms with Crippen molar-refractivity contribution in [3.8, 4) is 0 Å². The van der Waals surface area contributed by atoms with Gasteiger partial charge in [0.25, 0.3) is 0 Å². The van der Waals surface area contributed by atoms with E-state index in [0.717, 1.165) is 43.2 Å². The number of rotatable bonds is 8.